The van der Waals surface area contributed by atoms with Crippen molar-refractivity contribution in [2.75, 3.05) is 7.05 Å². The number of nitrogens with one attached hydrogen (secondary N) is 1. The Bertz CT molecular complexity index is 522. The van der Waals surface area contributed by atoms with Gasteiger partial charge in [-0.2, -0.15) is 0 Å². The molecule has 2 rings (SSSR count). The molecule has 17 heavy (non-hydrogen) atoms. The van der Waals surface area contributed by atoms with Crippen LogP contribution in [0.5, 0.6) is 0 Å². The summed E-state index contributed by atoms with van der Waals surface area (Å²) in [5.41, 5.74) is 2.50. The average molecular weight is 250 g/mol. The molecule has 0 saturated heterocycles. The first-order valence-electron chi connectivity index (χ1n) is 5.51. The Kier molecular flexibility index (Phi) is 3.54. The lowest BCUT2D eigenvalue weighted by Crippen LogP contribution is -2.12. The van der Waals surface area contributed by atoms with Gasteiger partial charge in [-0.1, -0.05) is 12.1 Å². The van der Waals surface area contributed by atoms with E-state index in [0.717, 1.165) is 16.3 Å². The Morgan fingerprint density at radius 1 is 1.41 bits per heavy atom. The Labute approximate surface area is 105 Å². The van der Waals surface area contributed by atoms with Crippen LogP contribution in [0.2, 0.25) is 0 Å². The topological polar surface area (TPSA) is 24.9 Å². The van der Waals surface area contributed by atoms with Gasteiger partial charge in [0.05, 0.1) is 5.69 Å². The van der Waals surface area contributed by atoms with Crippen molar-refractivity contribution in [3.8, 4) is 10.6 Å². The summed E-state index contributed by atoms with van der Waals surface area (Å²) in [6.45, 7) is 3.81. The van der Waals surface area contributed by atoms with E-state index in [9.17, 15) is 4.39 Å². The summed E-state index contributed by atoms with van der Waals surface area (Å²) in [6.07, 6.45) is 0. The van der Waals surface area contributed by atoms with Gasteiger partial charge >= 0.3 is 0 Å². The molecular weight excluding hydrogens is 235 g/mol. The van der Waals surface area contributed by atoms with Crippen LogP contribution in [0.25, 0.3) is 10.6 Å². The van der Waals surface area contributed by atoms with Crippen molar-refractivity contribution >= 4 is 11.3 Å². The summed E-state index contributed by atoms with van der Waals surface area (Å²) in [4.78, 5) is 4.51. The summed E-state index contributed by atoms with van der Waals surface area (Å²) >= 11 is 1.54. The van der Waals surface area contributed by atoms with Crippen LogP contribution in [-0.2, 0) is 0 Å². The van der Waals surface area contributed by atoms with Crippen LogP contribution in [0.4, 0.5) is 4.39 Å². The van der Waals surface area contributed by atoms with Crippen molar-refractivity contribution in [3.05, 3.63) is 40.7 Å². The SMILES string of the molecule is CNC(C)c1csc(-c2ccc(C)c(F)c2)n1. The molecule has 1 aromatic heterocycles. The molecule has 0 bridgehead atoms. The number of hydrogen-bond donors (Lipinski definition) is 1. The molecule has 0 radical (unpaired) electrons. The van der Waals surface area contributed by atoms with Gasteiger partial charge in [-0.15, -0.1) is 11.3 Å². The van der Waals surface area contributed by atoms with E-state index < -0.39 is 0 Å². The standard InChI is InChI=1S/C13H15FN2S/c1-8-4-5-10(6-11(8)14)13-16-12(7-17-13)9(2)15-3/h4-7,9,15H,1-3H3. The summed E-state index contributed by atoms with van der Waals surface area (Å²) in [5.74, 6) is -0.180. The fourth-order valence-corrected chi connectivity index (χ4v) is 2.40. The molecule has 1 atom stereocenters. The molecule has 0 amide bonds. The van der Waals surface area contributed by atoms with Gasteiger partial charge in [0.15, 0.2) is 0 Å². The summed E-state index contributed by atoms with van der Waals surface area (Å²) in [5, 5.41) is 6.01. The minimum Gasteiger partial charge on any atom is -0.312 e. The molecule has 4 heteroatoms. The van der Waals surface area contributed by atoms with E-state index in [2.05, 4.69) is 17.2 Å². The van der Waals surface area contributed by atoms with Gasteiger partial charge in [0, 0.05) is 17.0 Å². The summed E-state index contributed by atoms with van der Waals surface area (Å²) in [7, 11) is 1.90. The minimum atomic E-state index is -0.180. The van der Waals surface area contributed by atoms with Crippen molar-refractivity contribution in [1.29, 1.82) is 0 Å². The zero-order valence-electron chi connectivity index (χ0n) is 10.1. The predicted molar refractivity (Wildman–Crippen MR) is 69.7 cm³/mol. The molecule has 0 aliphatic rings. The van der Waals surface area contributed by atoms with Crippen LogP contribution in [0.3, 0.4) is 0 Å². The highest BCUT2D eigenvalue weighted by molar-refractivity contribution is 7.13. The summed E-state index contributed by atoms with van der Waals surface area (Å²) in [6, 6.07) is 5.45. The van der Waals surface area contributed by atoms with E-state index in [0.29, 0.717) is 5.56 Å². The molecule has 2 nitrogen and oxygen atoms in total. The van der Waals surface area contributed by atoms with E-state index in [4.69, 9.17) is 0 Å². The van der Waals surface area contributed by atoms with Crippen LogP contribution < -0.4 is 5.32 Å². The Morgan fingerprint density at radius 2 is 2.18 bits per heavy atom. The van der Waals surface area contributed by atoms with Crippen molar-refractivity contribution < 1.29 is 4.39 Å². The normalized spacial score (nSPS) is 12.7. The van der Waals surface area contributed by atoms with Crippen LogP contribution in [0.15, 0.2) is 23.6 Å². The molecule has 0 aliphatic carbocycles. The molecule has 2 aromatic rings. The van der Waals surface area contributed by atoms with Crippen molar-refractivity contribution in [2.24, 2.45) is 0 Å². The first-order valence-corrected chi connectivity index (χ1v) is 6.39. The minimum absolute atomic E-state index is 0.180. The van der Waals surface area contributed by atoms with Crippen LogP contribution in [0.1, 0.15) is 24.2 Å². The second-order valence-corrected chi connectivity index (χ2v) is 4.91. The zero-order chi connectivity index (χ0) is 12.4. The van der Waals surface area contributed by atoms with E-state index in [-0.39, 0.29) is 11.9 Å². The van der Waals surface area contributed by atoms with Crippen molar-refractivity contribution in [1.82, 2.24) is 10.3 Å². The van der Waals surface area contributed by atoms with Gasteiger partial charge in [-0.05, 0) is 32.5 Å². The summed E-state index contributed by atoms with van der Waals surface area (Å²) < 4.78 is 13.5. The number of rotatable bonds is 3. The average Bonchev–Trinajstić information content (AvgIpc) is 2.81. The highest BCUT2D eigenvalue weighted by atomic mass is 32.1. The number of benzene rings is 1. The monoisotopic (exact) mass is 250 g/mol. The first-order chi connectivity index (χ1) is 8.11. The molecule has 90 valence electrons. The maximum Gasteiger partial charge on any atom is 0.126 e. The zero-order valence-corrected chi connectivity index (χ0v) is 10.9. The number of aryl methyl sites for hydroxylation is 1. The number of thiazole rings is 1. The van der Waals surface area contributed by atoms with Gasteiger partial charge in [-0.25, -0.2) is 9.37 Å². The number of aromatic nitrogens is 1. The molecule has 0 aliphatic heterocycles. The second kappa shape index (κ2) is 4.94. The molecular formula is C13H15FN2S. The molecule has 1 aromatic carbocycles. The molecule has 0 saturated carbocycles. The molecule has 1 heterocycles. The fourth-order valence-electron chi connectivity index (χ4n) is 1.49. The third-order valence-corrected chi connectivity index (χ3v) is 3.73. The van der Waals surface area contributed by atoms with Gasteiger partial charge in [-0.3, -0.25) is 0 Å². The molecule has 0 fully saturated rings. The van der Waals surface area contributed by atoms with Gasteiger partial charge < -0.3 is 5.32 Å². The fraction of sp³-hybridized carbons (Fsp3) is 0.308. The van der Waals surface area contributed by atoms with E-state index in [1.807, 2.05) is 18.5 Å². The van der Waals surface area contributed by atoms with Crippen molar-refractivity contribution in [3.63, 3.8) is 0 Å². The van der Waals surface area contributed by atoms with E-state index in [1.54, 1.807) is 30.4 Å². The predicted octanol–water partition coefficient (Wildman–Crippen LogP) is 3.54. The van der Waals surface area contributed by atoms with Crippen LogP contribution in [-0.4, -0.2) is 12.0 Å². The molecule has 0 spiro atoms. The smallest absolute Gasteiger partial charge is 0.126 e. The third kappa shape index (κ3) is 2.53. The van der Waals surface area contributed by atoms with Crippen LogP contribution >= 0.6 is 11.3 Å². The number of nitrogens with zero attached hydrogens (tertiary/aromatic N) is 1. The lowest BCUT2D eigenvalue weighted by atomic mass is 10.1. The Morgan fingerprint density at radius 3 is 2.82 bits per heavy atom. The Hall–Kier alpha value is -1.26. The molecule has 1 N–H and O–H groups in total. The van der Waals surface area contributed by atoms with Crippen molar-refractivity contribution in [2.45, 2.75) is 19.9 Å². The van der Waals surface area contributed by atoms with E-state index in [1.165, 1.54) is 0 Å². The Balaban J connectivity index is 2.33. The maximum absolute atomic E-state index is 13.5. The lowest BCUT2D eigenvalue weighted by molar-refractivity contribution is 0.619. The van der Waals surface area contributed by atoms with Gasteiger partial charge in [0.1, 0.15) is 10.8 Å². The molecule has 1 unspecified atom stereocenters. The highest BCUT2D eigenvalue weighted by Gasteiger charge is 2.10. The van der Waals surface area contributed by atoms with Gasteiger partial charge in [0.25, 0.3) is 0 Å². The lowest BCUT2D eigenvalue weighted by Gasteiger charge is -2.05. The second-order valence-electron chi connectivity index (χ2n) is 4.05. The van der Waals surface area contributed by atoms with Gasteiger partial charge in [0.2, 0.25) is 0 Å². The number of halogens is 1. The van der Waals surface area contributed by atoms with E-state index >= 15 is 0 Å². The largest absolute Gasteiger partial charge is 0.312 e. The quantitative estimate of drug-likeness (QED) is 0.901. The first kappa shape index (κ1) is 12.2. The number of hydrogen-bond acceptors (Lipinski definition) is 3. The third-order valence-electron chi connectivity index (χ3n) is 2.82. The maximum atomic E-state index is 13.5. The van der Waals surface area contributed by atoms with Crippen LogP contribution in [0, 0.1) is 12.7 Å². The highest BCUT2D eigenvalue weighted by Crippen LogP contribution is 2.27.